The van der Waals surface area contributed by atoms with Crippen LogP contribution < -0.4 is 0 Å². The summed E-state index contributed by atoms with van der Waals surface area (Å²) in [5.74, 6) is -0.568. The first-order valence-electron chi connectivity index (χ1n) is 5.06. The predicted molar refractivity (Wildman–Crippen MR) is 54.4 cm³/mol. The van der Waals surface area contributed by atoms with Gasteiger partial charge in [0.2, 0.25) is 5.91 Å². The summed E-state index contributed by atoms with van der Waals surface area (Å²) in [6, 6.07) is 2.30. The molecule has 0 bridgehead atoms. The van der Waals surface area contributed by atoms with Gasteiger partial charge >= 0.3 is 0 Å². The van der Waals surface area contributed by atoms with Crippen molar-refractivity contribution in [3.8, 4) is 6.07 Å². The first-order valence-corrected chi connectivity index (χ1v) is 5.06. The van der Waals surface area contributed by atoms with Gasteiger partial charge in [-0.25, -0.2) is 0 Å². The van der Waals surface area contributed by atoms with E-state index in [2.05, 4.69) is 13.8 Å². The lowest BCUT2D eigenvalue weighted by Gasteiger charge is -2.49. The highest BCUT2D eigenvalue weighted by Gasteiger charge is 2.43. The van der Waals surface area contributed by atoms with E-state index in [1.807, 2.05) is 13.1 Å². The highest BCUT2D eigenvalue weighted by atomic mass is 16.2. The molecule has 1 rings (SSSR count). The second-order valence-corrected chi connectivity index (χ2v) is 4.84. The van der Waals surface area contributed by atoms with E-state index in [9.17, 15) is 4.79 Å². The molecule has 1 amide bonds. The lowest BCUT2D eigenvalue weighted by Crippen LogP contribution is -2.53. The van der Waals surface area contributed by atoms with Crippen molar-refractivity contribution < 1.29 is 4.79 Å². The van der Waals surface area contributed by atoms with Crippen molar-refractivity contribution in [1.82, 2.24) is 4.90 Å². The number of rotatable bonds is 2. The topological polar surface area (TPSA) is 44.1 Å². The Bertz CT molecular complexity index is 278. The Morgan fingerprint density at radius 1 is 1.64 bits per heavy atom. The molecule has 1 aliphatic rings. The maximum Gasteiger partial charge on any atom is 0.239 e. The van der Waals surface area contributed by atoms with Crippen molar-refractivity contribution in [2.45, 2.75) is 39.7 Å². The van der Waals surface area contributed by atoms with Crippen LogP contribution >= 0.6 is 0 Å². The van der Waals surface area contributed by atoms with Crippen LogP contribution in [0.2, 0.25) is 0 Å². The van der Waals surface area contributed by atoms with E-state index in [1.165, 1.54) is 0 Å². The number of nitrogens with zero attached hydrogens (tertiary/aromatic N) is 2. The van der Waals surface area contributed by atoms with E-state index < -0.39 is 5.92 Å². The lowest BCUT2D eigenvalue weighted by molar-refractivity contribution is -0.140. The summed E-state index contributed by atoms with van der Waals surface area (Å²) < 4.78 is 0. The summed E-state index contributed by atoms with van der Waals surface area (Å²) in [6.45, 7) is 5.99. The Labute approximate surface area is 85.7 Å². The molecule has 0 aromatic heterocycles. The molecule has 2 atom stereocenters. The van der Waals surface area contributed by atoms with Gasteiger partial charge in [0, 0.05) is 13.1 Å². The van der Waals surface area contributed by atoms with E-state index in [0.717, 1.165) is 12.8 Å². The lowest BCUT2D eigenvalue weighted by atomic mass is 9.66. The predicted octanol–water partition coefficient (Wildman–Crippen LogP) is 1.79. The van der Waals surface area contributed by atoms with E-state index in [1.54, 1.807) is 11.8 Å². The number of hydrogen-bond donors (Lipinski definition) is 0. The molecule has 0 radical (unpaired) electrons. The van der Waals surface area contributed by atoms with Gasteiger partial charge in [0.25, 0.3) is 0 Å². The van der Waals surface area contributed by atoms with Crippen molar-refractivity contribution in [1.29, 1.82) is 5.26 Å². The van der Waals surface area contributed by atoms with Gasteiger partial charge in [0.15, 0.2) is 0 Å². The summed E-state index contributed by atoms with van der Waals surface area (Å²) in [5, 5.41) is 8.66. The summed E-state index contributed by atoms with van der Waals surface area (Å²) in [7, 11) is 1.81. The molecule has 1 saturated carbocycles. The molecular weight excluding hydrogens is 176 g/mol. The fourth-order valence-corrected chi connectivity index (χ4v) is 2.08. The monoisotopic (exact) mass is 194 g/mol. The van der Waals surface area contributed by atoms with Crippen LogP contribution in [0.15, 0.2) is 0 Å². The quantitative estimate of drug-likeness (QED) is 0.672. The van der Waals surface area contributed by atoms with Gasteiger partial charge in [0.05, 0.1) is 6.07 Å². The van der Waals surface area contributed by atoms with Gasteiger partial charge < -0.3 is 4.90 Å². The largest absolute Gasteiger partial charge is 0.341 e. The molecule has 0 aromatic rings. The zero-order chi connectivity index (χ0) is 10.9. The number of amides is 1. The van der Waals surface area contributed by atoms with E-state index >= 15 is 0 Å². The average Bonchev–Trinajstić information content (AvgIpc) is 2.13. The summed E-state index contributed by atoms with van der Waals surface area (Å²) in [4.78, 5) is 13.4. The molecular formula is C11H18N2O. The van der Waals surface area contributed by atoms with E-state index in [0.29, 0.717) is 6.04 Å². The van der Waals surface area contributed by atoms with Gasteiger partial charge in [-0.15, -0.1) is 0 Å². The summed E-state index contributed by atoms with van der Waals surface area (Å²) in [5.41, 5.74) is 0.222. The molecule has 0 saturated heterocycles. The second-order valence-electron chi connectivity index (χ2n) is 4.84. The third-order valence-corrected chi connectivity index (χ3v) is 3.34. The molecule has 3 heteroatoms. The molecule has 0 aromatic carbocycles. The molecule has 2 unspecified atom stereocenters. The highest BCUT2D eigenvalue weighted by Crippen LogP contribution is 2.43. The number of carbonyl (C=O) groups is 1. The molecule has 3 nitrogen and oxygen atoms in total. The molecule has 0 spiro atoms. The standard InChI is InChI=1S/C11H18N2O/c1-8(7-12)10(14)13(4)9-5-6-11(9,2)3/h8-9H,5-6H2,1-4H3. The Morgan fingerprint density at radius 3 is 2.50 bits per heavy atom. The maximum absolute atomic E-state index is 11.7. The fraction of sp³-hybridized carbons (Fsp3) is 0.818. The maximum atomic E-state index is 11.7. The SMILES string of the molecule is CC(C#N)C(=O)N(C)C1CCC1(C)C. The molecule has 78 valence electrons. The average molecular weight is 194 g/mol. The van der Waals surface area contributed by atoms with Gasteiger partial charge in [0.1, 0.15) is 5.92 Å². The molecule has 0 aliphatic heterocycles. The van der Waals surface area contributed by atoms with Crippen LogP contribution in [0.25, 0.3) is 0 Å². The number of carbonyl (C=O) groups excluding carboxylic acids is 1. The van der Waals surface area contributed by atoms with Crippen LogP contribution in [0.4, 0.5) is 0 Å². The Hall–Kier alpha value is -1.04. The summed E-state index contributed by atoms with van der Waals surface area (Å²) in [6.07, 6.45) is 2.23. The van der Waals surface area contributed by atoms with Crippen molar-refractivity contribution in [3.63, 3.8) is 0 Å². The molecule has 1 fully saturated rings. The minimum atomic E-state index is -0.517. The fourth-order valence-electron chi connectivity index (χ4n) is 2.08. The van der Waals surface area contributed by atoms with Crippen LogP contribution in [0, 0.1) is 22.7 Å². The Morgan fingerprint density at radius 2 is 2.21 bits per heavy atom. The molecule has 0 heterocycles. The minimum Gasteiger partial charge on any atom is -0.341 e. The van der Waals surface area contributed by atoms with Crippen LogP contribution in [0.5, 0.6) is 0 Å². The van der Waals surface area contributed by atoms with Crippen molar-refractivity contribution in [2.75, 3.05) is 7.05 Å². The highest BCUT2D eigenvalue weighted by molar-refractivity contribution is 5.81. The number of hydrogen-bond acceptors (Lipinski definition) is 2. The third-order valence-electron chi connectivity index (χ3n) is 3.34. The molecule has 14 heavy (non-hydrogen) atoms. The van der Waals surface area contributed by atoms with E-state index in [-0.39, 0.29) is 11.3 Å². The van der Waals surface area contributed by atoms with Crippen LogP contribution in [-0.4, -0.2) is 23.9 Å². The van der Waals surface area contributed by atoms with Crippen molar-refractivity contribution in [3.05, 3.63) is 0 Å². The summed E-state index contributed by atoms with van der Waals surface area (Å²) >= 11 is 0. The third kappa shape index (κ3) is 1.75. The van der Waals surface area contributed by atoms with Crippen molar-refractivity contribution >= 4 is 5.91 Å². The van der Waals surface area contributed by atoms with Gasteiger partial charge in [-0.05, 0) is 25.2 Å². The first kappa shape index (κ1) is 11.0. The Kier molecular flexibility index (Phi) is 2.84. The van der Waals surface area contributed by atoms with Gasteiger partial charge in [-0.2, -0.15) is 5.26 Å². The Balaban J connectivity index is 2.63. The van der Waals surface area contributed by atoms with Crippen LogP contribution in [0.3, 0.4) is 0 Å². The zero-order valence-corrected chi connectivity index (χ0v) is 9.37. The minimum absolute atomic E-state index is 0.0507. The number of nitriles is 1. The normalized spacial score (nSPS) is 25.8. The first-order chi connectivity index (χ1) is 6.40. The van der Waals surface area contributed by atoms with Gasteiger partial charge in [-0.1, -0.05) is 13.8 Å². The smallest absolute Gasteiger partial charge is 0.239 e. The van der Waals surface area contributed by atoms with Crippen LogP contribution in [-0.2, 0) is 4.79 Å². The molecule has 0 N–H and O–H groups in total. The molecule has 1 aliphatic carbocycles. The van der Waals surface area contributed by atoms with Gasteiger partial charge in [-0.3, -0.25) is 4.79 Å². The van der Waals surface area contributed by atoms with Crippen LogP contribution in [0.1, 0.15) is 33.6 Å². The zero-order valence-electron chi connectivity index (χ0n) is 9.37. The van der Waals surface area contributed by atoms with Crippen molar-refractivity contribution in [2.24, 2.45) is 11.3 Å². The van der Waals surface area contributed by atoms with E-state index in [4.69, 9.17) is 5.26 Å². The second kappa shape index (κ2) is 3.61.